The Morgan fingerprint density at radius 2 is 1.62 bits per heavy atom. The summed E-state index contributed by atoms with van der Waals surface area (Å²) in [5.74, 6) is 0.397. The van der Waals surface area contributed by atoms with Crippen molar-refractivity contribution in [2.75, 3.05) is 7.05 Å². The van der Waals surface area contributed by atoms with Crippen LogP contribution in [0.5, 0.6) is 5.75 Å². The summed E-state index contributed by atoms with van der Waals surface area (Å²) in [6.07, 6.45) is 1.82. The zero-order valence-corrected chi connectivity index (χ0v) is 12.9. The second-order valence-corrected chi connectivity index (χ2v) is 6.28. The third-order valence-corrected chi connectivity index (χ3v) is 4.69. The average Bonchev–Trinajstić information content (AvgIpc) is 2.67. The molecule has 0 atom stereocenters. The molecule has 1 N–H and O–H groups in total. The lowest BCUT2D eigenvalue weighted by molar-refractivity contribution is -0.404. The van der Waals surface area contributed by atoms with Gasteiger partial charge in [0, 0.05) is 18.1 Å². The van der Waals surface area contributed by atoms with Crippen LogP contribution in [0.1, 0.15) is 31.4 Å². The number of nitrogens with zero attached hydrogens (tertiary/aromatic N) is 1. The molecule has 0 radical (unpaired) electrons. The van der Waals surface area contributed by atoms with Gasteiger partial charge in [-0.2, -0.15) is 0 Å². The molecule has 0 bridgehead atoms. The number of aromatic hydroxyl groups is 1. The molecule has 108 valence electrons. The monoisotopic (exact) mass is 280 g/mol. The smallest absolute Gasteiger partial charge is 0.209 e. The number of fused-ring (bicyclic) bond motifs is 1. The van der Waals surface area contributed by atoms with Crippen LogP contribution in [0.4, 0.5) is 5.69 Å². The van der Waals surface area contributed by atoms with E-state index in [1.54, 1.807) is 6.07 Å². The number of benzene rings is 2. The molecule has 0 amide bonds. The fraction of sp³-hybridized carbons (Fsp3) is 0.316. The molecule has 2 aromatic rings. The molecule has 0 saturated carbocycles. The van der Waals surface area contributed by atoms with Gasteiger partial charge in [-0.3, -0.25) is 0 Å². The lowest BCUT2D eigenvalue weighted by Crippen LogP contribution is -2.29. The van der Waals surface area contributed by atoms with Crippen LogP contribution < -0.4 is 0 Å². The largest absolute Gasteiger partial charge is 0.508 e. The van der Waals surface area contributed by atoms with Gasteiger partial charge in [0.05, 0.1) is 5.41 Å². The number of aryl methyl sites for hydroxylation is 1. The van der Waals surface area contributed by atoms with Gasteiger partial charge in [-0.25, -0.2) is 4.58 Å². The van der Waals surface area contributed by atoms with Gasteiger partial charge in [0.25, 0.3) is 0 Å². The number of hydrogen-bond acceptors (Lipinski definition) is 1. The Bertz CT molecular complexity index is 713. The molecule has 1 aliphatic rings. The third-order valence-electron chi connectivity index (χ3n) is 4.69. The second kappa shape index (κ2) is 5.03. The zero-order chi connectivity index (χ0) is 15.0. The van der Waals surface area contributed by atoms with Crippen LogP contribution in [0.15, 0.2) is 48.5 Å². The molecule has 0 fully saturated rings. The minimum Gasteiger partial charge on any atom is -0.508 e. The number of rotatable bonds is 3. The molecule has 1 heterocycles. The number of hydrogen-bond donors (Lipinski definition) is 1. The van der Waals surface area contributed by atoms with E-state index in [1.165, 1.54) is 17.0 Å². The topological polar surface area (TPSA) is 23.2 Å². The predicted molar refractivity (Wildman–Crippen MR) is 86.7 cm³/mol. The van der Waals surface area contributed by atoms with Crippen molar-refractivity contribution in [2.24, 2.45) is 0 Å². The Morgan fingerprint density at radius 3 is 2.33 bits per heavy atom. The molecule has 2 heteroatoms. The Morgan fingerprint density at radius 1 is 0.952 bits per heavy atom. The van der Waals surface area contributed by atoms with Gasteiger partial charge >= 0.3 is 0 Å². The van der Waals surface area contributed by atoms with E-state index in [-0.39, 0.29) is 5.41 Å². The Hall–Kier alpha value is -2.09. The Kier molecular flexibility index (Phi) is 3.32. The van der Waals surface area contributed by atoms with Gasteiger partial charge < -0.3 is 5.11 Å². The molecular formula is C19H22NO+. The quantitative estimate of drug-likeness (QED) is 0.843. The molecule has 0 saturated heterocycles. The molecule has 0 unspecified atom stereocenters. The van der Waals surface area contributed by atoms with Crippen LogP contribution in [0.25, 0.3) is 0 Å². The molecule has 2 aromatic carbocycles. The first-order valence-corrected chi connectivity index (χ1v) is 7.48. The van der Waals surface area contributed by atoms with Crippen LogP contribution in [0.3, 0.4) is 0 Å². The van der Waals surface area contributed by atoms with Crippen LogP contribution in [0.2, 0.25) is 0 Å². The van der Waals surface area contributed by atoms with Gasteiger partial charge in [-0.1, -0.05) is 36.4 Å². The SMILES string of the molecule is C[N+]1=C(CCc2ccccc2O)C(C)(C)c2ccccc21. The maximum absolute atomic E-state index is 9.93. The molecule has 0 aromatic heterocycles. The normalized spacial score (nSPS) is 16.1. The highest BCUT2D eigenvalue weighted by molar-refractivity contribution is 5.95. The van der Waals surface area contributed by atoms with Crippen molar-refractivity contribution >= 4 is 11.4 Å². The Balaban J connectivity index is 1.90. The van der Waals surface area contributed by atoms with Crippen LogP contribution in [0, 0.1) is 0 Å². The maximum atomic E-state index is 9.93. The fourth-order valence-electron chi connectivity index (χ4n) is 3.47. The van der Waals surface area contributed by atoms with E-state index in [4.69, 9.17) is 0 Å². The van der Waals surface area contributed by atoms with Gasteiger partial charge in [0.15, 0.2) is 5.71 Å². The van der Waals surface area contributed by atoms with Crippen molar-refractivity contribution in [3.05, 3.63) is 59.7 Å². The summed E-state index contributed by atoms with van der Waals surface area (Å²) in [7, 11) is 2.15. The summed E-state index contributed by atoms with van der Waals surface area (Å²) in [4.78, 5) is 0. The molecule has 3 rings (SSSR count). The Labute approximate surface area is 126 Å². The number of phenolic OH excluding ortho intramolecular Hbond substituents is 1. The van der Waals surface area contributed by atoms with Crippen LogP contribution >= 0.6 is 0 Å². The molecule has 0 spiro atoms. The van der Waals surface area contributed by atoms with Crippen molar-refractivity contribution in [3.8, 4) is 5.75 Å². The molecule has 21 heavy (non-hydrogen) atoms. The lowest BCUT2D eigenvalue weighted by Gasteiger charge is -2.17. The summed E-state index contributed by atoms with van der Waals surface area (Å²) in [6.45, 7) is 4.57. The summed E-state index contributed by atoms with van der Waals surface area (Å²) in [6, 6.07) is 16.2. The van der Waals surface area contributed by atoms with Gasteiger partial charge in [0.1, 0.15) is 12.8 Å². The molecular weight excluding hydrogens is 258 g/mol. The second-order valence-electron chi connectivity index (χ2n) is 6.28. The highest BCUT2D eigenvalue weighted by Gasteiger charge is 2.43. The summed E-state index contributed by atoms with van der Waals surface area (Å²) in [5, 5.41) is 9.93. The van der Waals surface area contributed by atoms with E-state index in [1.807, 2.05) is 18.2 Å². The first-order valence-electron chi connectivity index (χ1n) is 7.48. The molecule has 1 aliphatic heterocycles. The standard InChI is InChI=1S/C19H21NO/c1-19(2)15-9-5-6-10-16(15)20(3)18(19)13-12-14-8-4-7-11-17(14)21/h4-11H,12-13H2,1-3H3/p+1. The molecule has 2 nitrogen and oxygen atoms in total. The summed E-state index contributed by atoms with van der Waals surface area (Å²) in [5.41, 5.74) is 5.17. The van der Waals surface area contributed by atoms with E-state index in [0.29, 0.717) is 5.75 Å². The summed E-state index contributed by atoms with van der Waals surface area (Å²) >= 11 is 0. The van der Waals surface area contributed by atoms with Crippen molar-refractivity contribution in [2.45, 2.75) is 32.1 Å². The lowest BCUT2D eigenvalue weighted by atomic mass is 9.79. The highest BCUT2D eigenvalue weighted by Crippen LogP contribution is 2.40. The van der Waals surface area contributed by atoms with Crippen LogP contribution in [-0.4, -0.2) is 22.4 Å². The van der Waals surface area contributed by atoms with Gasteiger partial charge in [0.2, 0.25) is 5.69 Å². The number of phenols is 1. The summed E-state index contributed by atoms with van der Waals surface area (Å²) < 4.78 is 2.31. The number of para-hydroxylation sites is 2. The first kappa shape index (κ1) is 13.9. The third kappa shape index (κ3) is 2.25. The van der Waals surface area contributed by atoms with E-state index in [2.05, 4.69) is 49.7 Å². The first-order chi connectivity index (χ1) is 10.0. The average molecular weight is 280 g/mol. The van der Waals surface area contributed by atoms with Crippen molar-refractivity contribution in [1.29, 1.82) is 0 Å². The predicted octanol–water partition coefficient (Wildman–Crippen LogP) is 4.03. The van der Waals surface area contributed by atoms with Crippen LogP contribution in [-0.2, 0) is 11.8 Å². The highest BCUT2D eigenvalue weighted by atomic mass is 16.3. The van der Waals surface area contributed by atoms with Gasteiger partial charge in [-0.05, 0) is 31.9 Å². The van der Waals surface area contributed by atoms with E-state index in [9.17, 15) is 5.11 Å². The van der Waals surface area contributed by atoms with Gasteiger partial charge in [-0.15, -0.1) is 0 Å². The zero-order valence-electron chi connectivity index (χ0n) is 12.9. The van der Waals surface area contributed by atoms with Crippen molar-refractivity contribution in [1.82, 2.24) is 0 Å². The minimum absolute atomic E-state index is 0.0513. The molecule has 0 aliphatic carbocycles. The van der Waals surface area contributed by atoms with E-state index < -0.39 is 0 Å². The van der Waals surface area contributed by atoms with Crippen molar-refractivity contribution in [3.63, 3.8) is 0 Å². The maximum Gasteiger partial charge on any atom is 0.209 e. The van der Waals surface area contributed by atoms with E-state index in [0.717, 1.165) is 18.4 Å². The van der Waals surface area contributed by atoms with Crippen molar-refractivity contribution < 1.29 is 9.68 Å². The fourth-order valence-corrected chi connectivity index (χ4v) is 3.47. The minimum atomic E-state index is 0.0513. The van der Waals surface area contributed by atoms with E-state index >= 15 is 0 Å².